The minimum absolute atomic E-state index is 0.329. The van der Waals surface area contributed by atoms with Gasteiger partial charge in [0.2, 0.25) is 0 Å². The summed E-state index contributed by atoms with van der Waals surface area (Å²) in [5.74, 6) is -0.329. The van der Waals surface area contributed by atoms with Crippen LogP contribution in [-0.2, 0) is 4.74 Å². The van der Waals surface area contributed by atoms with Crippen LogP contribution >= 0.6 is 15.9 Å². The first kappa shape index (κ1) is 12.0. The molecule has 0 aliphatic heterocycles. The molecule has 0 aliphatic rings. The largest absolute Gasteiger partial charge is 0.464 e. The summed E-state index contributed by atoms with van der Waals surface area (Å²) in [6, 6.07) is 1.75. The van der Waals surface area contributed by atoms with E-state index in [1.807, 2.05) is 17.7 Å². The number of rotatable bonds is 3. The van der Waals surface area contributed by atoms with Crippen LogP contribution in [0.15, 0.2) is 22.8 Å². The first-order chi connectivity index (χ1) is 7.10. The fourth-order valence-electron chi connectivity index (χ4n) is 1.38. The van der Waals surface area contributed by atoms with Crippen LogP contribution in [0.25, 0.3) is 5.70 Å². The van der Waals surface area contributed by atoms with Crippen molar-refractivity contribution in [1.82, 2.24) is 4.57 Å². The summed E-state index contributed by atoms with van der Waals surface area (Å²) in [6.45, 7) is 4.02. The molecule has 0 aliphatic carbocycles. The maximum atomic E-state index is 11.5. The zero-order chi connectivity index (χ0) is 11.4. The molecule has 0 atom stereocenters. The average molecular weight is 272 g/mol. The summed E-state index contributed by atoms with van der Waals surface area (Å²) in [5, 5.41) is 0. The molecule has 0 saturated carbocycles. The van der Waals surface area contributed by atoms with Gasteiger partial charge in [-0.05, 0) is 35.3 Å². The van der Waals surface area contributed by atoms with Gasteiger partial charge in [-0.3, -0.25) is 0 Å². The van der Waals surface area contributed by atoms with E-state index < -0.39 is 0 Å². The Labute approximate surface area is 97.9 Å². The number of allylic oxidation sites excluding steroid dienone is 2. The average Bonchev–Trinajstić information content (AvgIpc) is 2.59. The number of ether oxygens (including phenoxy) is 1. The molecule has 0 amide bonds. The Morgan fingerprint density at radius 1 is 1.67 bits per heavy atom. The van der Waals surface area contributed by atoms with E-state index in [0.29, 0.717) is 5.69 Å². The Balaban J connectivity index is 3.17. The minimum atomic E-state index is -0.329. The zero-order valence-corrected chi connectivity index (χ0v) is 10.7. The molecule has 0 bridgehead atoms. The van der Waals surface area contributed by atoms with Crippen molar-refractivity contribution in [3.63, 3.8) is 0 Å². The van der Waals surface area contributed by atoms with Gasteiger partial charge in [-0.1, -0.05) is 13.0 Å². The van der Waals surface area contributed by atoms with Crippen molar-refractivity contribution in [2.75, 3.05) is 7.11 Å². The molecule has 1 heterocycles. The summed E-state index contributed by atoms with van der Waals surface area (Å²) in [5.41, 5.74) is 1.55. The summed E-state index contributed by atoms with van der Waals surface area (Å²) in [4.78, 5) is 11.5. The Bertz CT molecular complexity index is 393. The highest BCUT2D eigenvalue weighted by atomic mass is 79.9. The molecule has 82 valence electrons. The monoisotopic (exact) mass is 271 g/mol. The zero-order valence-electron chi connectivity index (χ0n) is 9.08. The fraction of sp³-hybridized carbons (Fsp3) is 0.364. The third-order valence-corrected chi connectivity index (χ3v) is 2.49. The smallest absolute Gasteiger partial charge is 0.355 e. The molecule has 3 nitrogen and oxygen atoms in total. The Morgan fingerprint density at radius 2 is 2.33 bits per heavy atom. The van der Waals surface area contributed by atoms with Gasteiger partial charge in [0.15, 0.2) is 0 Å². The van der Waals surface area contributed by atoms with Crippen molar-refractivity contribution in [2.24, 2.45) is 0 Å². The molecule has 0 unspecified atom stereocenters. The van der Waals surface area contributed by atoms with Crippen LogP contribution in [0.5, 0.6) is 0 Å². The third kappa shape index (κ3) is 2.72. The Hall–Kier alpha value is -1.03. The summed E-state index contributed by atoms with van der Waals surface area (Å²) < 4.78 is 7.40. The number of aromatic nitrogens is 1. The van der Waals surface area contributed by atoms with Gasteiger partial charge in [-0.2, -0.15) is 0 Å². The molecule has 0 fully saturated rings. The van der Waals surface area contributed by atoms with Crippen LogP contribution in [0.3, 0.4) is 0 Å². The van der Waals surface area contributed by atoms with E-state index in [1.165, 1.54) is 7.11 Å². The highest BCUT2D eigenvalue weighted by Gasteiger charge is 2.13. The number of hydrogen-bond acceptors (Lipinski definition) is 2. The lowest BCUT2D eigenvalue weighted by Gasteiger charge is -2.07. The molecule has 0 N–H and O–H groups in total. The van der Waals surface area contributed by atoms with Gasteiger partial charge in [-0.15, -0.1) is 0 Å². The standard InChI is InChI=1S/C11H14BrNO2/c1-4-5-8(2)13-7-9(12)6-10(13)11(14)15-3/h5-7H,4H2,1-3H3/b8-5-. The van der Waals surface area contributed by atoms with E-state index in [2.05, 4.69) is 28.9 Å². The molecule has 0 saturated heterocycles. The van der Waals surface area contributed by atoms with Crippen molar-refractivity contribution < 1.29 is 9.53 Å². The van der Waals surface area contributed by atoms with Crippen molar-refractivity contribution in [1.29, 1.82) is 0 Å². The lowest BCUT2D eigenvalue weighted by Crippen LogP contribution is -2.08. The van der Waals surface area contributed by atoms with Gasteiger partial charge in [0.25, 0.3) is 0 Å². The van der Waals surface area contributed by atoms with Crippen LogP contribution in [0.2, 0.25) is 0 Å². The molecule has 0 spiro atoms. The number of halogens is 1. The second-order valence-electron chi connectivity index (χ2n) is 3.16. The maximum absolute atomic E-state index is 11.5. The van der Waals surface area contributed by atoms with Crippen molar-refractivity contribution in [3.05, 3.63) is 28.5 Å². The minimum Gasteiger partial charge on any atom is -0.464 e. The van der Waals surface area contributed by atoms with Crippen LogP contribution < -0.4 is 0 Å². The maximum Gasteiger partial charge on any atom is 0.355 e. The Kier molecular flexibility index (Phi) is 4.15. The van der Waals surface area contributed by atoms with E-state index in [9.17, 15) is 4.79 Å². The first-order valence-electron chi connectivity index (χ1n) is 4.73. The van der Waals surface area contributed by atoms with Crippen LogP contribution in [0.4, 0.5) is 0 Å². The number of methoxy groups -OCH3 is 1. The van der Waals surface area contributed by atoms with Gasteiger partial charge in [0, 0.05) is 16.4 Å². The number of carbonyl (C=O) groups excluding carboxylic acids is 1. The predicted molar refractivity (Wildman–Crippen MR) is 63.7 cm³/mol. The molecule has 4 heteroatoms. The highest BCUT2D eigenvalue weighted by Crippen LogP contribution is 2.19. The van der Waals surface area contributed by atoms with Gasteiger partial charge in [0.1, 0.15) is 5.69 Å². The SMILES string of the molecule is CC/C=C(/C)n1cc(Br)cc1C(=O)OC. The molecule has 0 aromatic carbocycles. The lowest BCUT2D eigenvalue weighted by molar-refractivity contribution is 0.0592. The molecule has 1 aromatic heterocycles. The number of nitrogens with zero attached hydrogens (tertiary/aromatic N) is 1. The number of carbonyl (C=O) groups is 1. The summed E-state index contributed by atoms with van der Waals surface area (Å²) >= 11 is 3.34. The van der Waals surface area contributed by atoms with Crippen LogP contribution in [-0.4, -0.2) is 17.6 Å². The number of hydrogen-bond donors (Lipinski definition) is 0. The second kappa shape index (κ2) is 5.16. The second-order valence-corrected chi connectivity index (χ2v) is 4.07. The number of esters is 1. The topological polar surface area (TPSA) is 31.2 Å². The molecule has 0 radical (unpaired) electrons. The quantitative estimate of drug-likeness (QED) is 0.790. The summed E-state index contributed by atoms with van der Waals surface area (Å²) in [7, 11) is 1.38. The molecule has 1 aromatic rings. The molecule has 15 heavy (non-hydrogen) atoms. The fourth-order valence-corrected chi connectivity index (χ4v) is 1.80. The molecular formula is C11H14BrNO2. The van der Waals surface area contributed by atoms with Crippen LogP contribution in [0, 0.1) is 0 Å². The van der Waals surface area contributed by atoms with E-state index in [1.54, 1.807) is 6.07 Å². The van der Waals surface area contributed by atoms with Gasteiger partial charge < -0.3 is 9.30 Å². The van der Waals surface area contributed by atoms with E-state index in [4.69, 9.17) is 4.74 Å². The van der Waals surface area contributed by atoms with E-state index in [0.717, 1.165) is 16.6 Å². The summed E-state index contributed by atoms with van der Waals surface area (Å²) in [6.07, 6.45) is 4.84. The predicted octanol–water partition coefficient (Wildman–Crippen LogP) is 3.31. The van der Waals surface area contributed by atoms with Crippen molar-refractivity contribution in [3.8, 4) is 0 Å². The van der Waals surface area contributed by atoms with E-state index >= 15 is 0 Å². The lowest BCUT2D eigenvalue weighted by atomic mass is 10.3. The Morgan fingerprint density at radius 3 is 2.87 bits per heavy atom. The van der Waals surface area contributed by atoms with E-state index in [-0.39, 0.29) is 5.97 Å². The van der Waals surface area contributed by atoms with Gasteiger partial charge in [0.05, 0.1) is 7.11 Å². The van der Waals surface area contributed by atoms with Gasteiger partial charge in [-0.25, -0.2) is 4.79 Å². The molecule has 1 rings (SSSR count). The third-order valence-electron chi connectivity index (χ3n) is 2.06. The van der Waals surface area contributed by atoms with Crippen molar-refractivity contribution >= 4 is 27.6 Å². The molecular weight excluding hydrogens is 258 g/mol. The highest BCUT2D eigenvalue weighted by molar-refractivity contribution is 9.10. The van der Waals surface area contributed by atoms with Gasteiger partial charge >= 0.3 is 5.97 Å². The van der Waals surface area contributed by atoms with Crippen LogP contribution in [0.1, 0.15) is 30.8 Å². The first-order valence-corrected chi connectivity index (χ1v) is 5.52. The normalized spacial score (nSPS) is 11.6. The van der Waals surface area contributed by atoms with Crippen molar-refractivity contribution in [2.45, 2.75) is 20.3 Å².